The van der Waals surface area contributed by atoms with E-state index in [1.807, 2.05) is 0 Å². The summed E-state index contributed by atoms with van der Waals surface area (Å²) in [5, 5.41) is 16.0. The first-order valence-corrected chi connectivity index (χ1v) is 4.62. The van der Waals surface area contributed by atoms with Crippen LogP contribution in [0.2, 0.25) is 0 Å². The maximum Gasteiger partial charge on any atom is 0.409 e. The molecule has 0 spiro atoms. The second kappa shape index (κ2) is 3.73. The number of aromatic nitrogens is 2. The van der Waals surface area contributed by atoms with E-state index in [1.54, 1.807) is 30.1 Å². The Labute approximate surface area is 91.4 Å². The summed E-state index contributed by atoms with van der Waals surface area (Å²) >= 11 is 0. The minimum Gasteiger partial charge on any atom is -0.495 e. The van der Waals surface area contributed by atoms with Crippen LogP contribution in [-0.2, 0) is 7.05 Å². The Balaban J connectivity index is 2.66. The molecule has 0 aliphatic carbocycles. The number of hydrogen-bond donors (Lipinski definition) is 2. The van der Waals surface area contributed by atoms with Gasteiger partial charge in [-0.2, -0.15) is 5.10 Å². The number of aryl methyl sites for hydroxylation is 1. The number of ether oxygens (including phenoxy) is 1. The lowest BCUT2D eigenvalue weighted by molar-refractivity contribution is 0.209. The van der Waals surface area contributed by atoms with E-state index >= 15 is 0 Å². The van der Waals surface area contributed by atoms with Gasteiger partial charge >= 0.3 is 6.09 Å². The number of hydrogen-bond acceptors (Lipinski definition) is 3. The van der Waals surface area contributed by atoms with Gasteiger partial charge in [0.1, 0.15) is 5.75 Å². The van der Waals surface area contributed by atoms with Gasteiger partial charge in [0.25, 0.3) is 0 Å². The number of fused-ring (bicyclic) bond motifs is 1. The van der Waals surface area contributed by atoms with Crippen molar-refractivity contribution in [3.8, 4) is 5.75 Å². The minimum absolute atomic E-state index is 0.417. The number of amides is 1. The number of anilines is 1. The molecule has 0 fully saturated rings. The quantitative estimate of drug-likeness (QED) is 0.808. The largest absolute Gasteiger partial charge is 0.495 e. The summed E-state index contributed by atoms with van der Waals surface area (Å²) in [6.07, 6.45) is 0.609. The van der Waals surface area contributed by atoms with Gasteiger partial charge < -0.3 is 9.84 Å². The lowest BCUT2D eigenvalue weighted by atomic mass is 10.2. The van der Waals surface area contributed by atoms with Crippen molar-refractivity contribution in [1.29, 1.82) is 0 Å². The average molecular weight is 221 g/mol. The number of methoxy groups -OCH3 is 1. The summed E-state index contributed by atoms with van der Waals surface area (Å²) in [5.41, 5.74) is 1.13. The van der Waals surface area contributed by atoms with Crippen molar-refractivity contribution in [1.82, 2.24) is 9.78 Å². The molecule has 0 aliphatic rings. The lowest BCUT2D eigenvalue weighted by Crippen LogP contribution is -2.08. The maximum atomic E-state index is 10.7. The van der Waals surface area contributed by atoms with E-state index < -0.39 is 6.09 Å². The smallest absolute Gasteiger partial charge is 0.409 e. The van der Waals surface area contributed by atoms with Crippen LogP contribution in [0, 0.1) is 0 Å². The van der Waals surface area contributed by atoms with Crippen molar-refractivity contribution in [2.24, 2.45) is 7.05 Å². The third-order valence-corrected chi connectivity index (χ3v) is 2.22. The van der Waals surface area contributed by atoms with Crippen molar-refractivity contribution in [2.75, 3.05) is 12.4 Å². The van der Waals surface area contributed by atoms with Gasteiger partial charge in [0.2, 0.25) is 0 Å². The monoisotopic (exact) mass is 221 g/mol. The van der Waals surface area contributed by atoms with E-state index in [-0.39, 0.29) is 0 Å². The molecule has 6 heteroatoms. The van der Waals surface area contributed by atoms with Crippen molar-refractivity contribution >= 4 is 22.7 Å². The second-order valence-electron chi connectivity index (χ2n) is 3.31. The Bertz CT molecular complexity index is 547. The predicted octanol–water partition coefficient (Wildman–Crippen LogP) is 1.67. The Morgan fingerprint density at radius 2 is 2.31 bits per heavy atom. The molecule has 1 aromatic heterocycles. The molecule has 0 saturated carbocycles. The summed E-state index contributed by atoms with van der Waals surface area (Å²) in [7, 11) is 3.27. The highest BCUT2D eigenvalue weighted by Crippen LogP contribution is 2.32. The molecule has 1 heterocycles. The summed E-state index contributed by atoms with van der Waals surface area (Å²) < 4.78 is 6.72. The third-order valence-electron chi connectivity index (χ3n) is 2.22. The van der Waals surface area contributed by atoms with E-state index in [4.69, 9.17) is 9.84 Å². The van der Waals surface area contributed by atoms with Gasteiger partial charge in [-0.1, -0.05) is 0 Å². The predicted molar refractivity (Wildman–Crippen MR) is 58.9 cm³/mol. The molecule has 16 heavy (non-hydrogen) atoms. The molecule has 2 N–H and O–H groups in total. The van der Waals surface area contributed by atoms with Gasteiger partial charge in [-0.15, -0.1) is 0 Å². The Morgan fingerprint density at radius 1 is 1.56 bits per heavy atom. The van der Waals surface area contributed by atoms with Crippen LogP contribution in [0.25, 0.3) is 10.9 Å². The Hall–Kier alpha value is -2.24. The van der Waals surface area contributed by atoms with Crippen molar-refractivity contribution < 1.29 is 14.6 Å². The Kier molecular flexibility index (Phi) is 2.40. The molecular weight excluding hydrogens is 210 g/mol. The molecule has 1 amide bonds. The normalized spacial score (nSPS) is 10.4. The van der Waals surface area contributed by atoms with Crippen LogP contribution in [0.5, 0.6) is 5.75 Å². The fourth-order valence-electron chi connectivity index (χ4n) is 1.60. The number of nitrogens with one attached hydrogen (secondary N) is 1. The van der Waals surface area contributed by atoms with Crippen LogP contribution in [0.15, 0.2) is 18.3 Å². The van der Waals surface area contributed by atoms with Crippen molar-refractivity contribution in [2.45, 2.75) is 0 Å². The molecule has 6 nitrogen and oxygen atoms in total. The van der Waals surface area contributed by atoms with Crippen molar-refractivity contribution in [3.05, 3.63) is 18.3 Å². The van der Waals surface area contributed by atoms with Gasteiger partial charge in [-0.3, -0.25) is 10.00 Å². The van der Waals surface area contributed by atoms with Crippen LogP contribution in [0.3, 0.4) is 0 Å². The topological polar surface area (TPSA) is 76.4 Å². The van der Waals surface area contributed by atoms with E-state index in [9.17, 15) is 4.79 Å². The van der Waals surface area contributed by atoms with Gasteiger partial charge in [0.05, 0.1) is 18.3 Å². The summed E-state index contributed by atoms with van der Waals surface area (Å²) in [4.78, 5) is 10.7. The summed E-state index contributed by atoms with van der Waals surface area (Å²) in [6.45, 7) is 0. The zero-order valence-corrected chi connectivity index (χ0v) is 8.89. The fraction of sp³-hybridized carbons (Fsp3) is 0.200. The van der Waals surface area contributed by atoms with Crippen LogP contribution in [-0.4, -0.2) is 28.1 Å². The number of carbonyl (C=O) groups is 1. The third kappa shape index (κ3) is 1.65. The molecule has 0 bridgehead atoms. The van der Waals surface area contributed by atoms with E-state index in [0.29, 0.717) is 22.3 Å². The molecule has 84 valence electrons. The summed E-state index contributed by atoms with van der Waals surface area (Å²) in [6, 6.07) is 3.46. The number of nitrogens with zero attached hydrogens (tertiary/aromatic N) is 2. The SMILES string of the molecule is COc1ccc2nn(C)cc2c1NC(=O)O. The van der Waals surface area contributed by atoms with E-state index in [2.05, 4.69) is 10.4 Å². The average Bonchev–Trinajstić information content (AvgIpc) is 2.59. The van der Waals surface area contributed by atoms with Gasteiger partial charge in [-0.25, -0.2) is 4.79 Å². The highest BCUT2D eigenvalue weighted by molar-refractivity contribution is 6.01. The minimum atomic E-state index is -1.13. The van der Waals surface area contributed by atoms with Gasteiger partial charge in [0, 0.05) is 18.6 Å². The van der Waals surface area contributed by atoms with Gasteiger partial charge in [-0.05, 0) is 12.1 Å². The van der Waals surface area contributed by atoms with Crippen LogP contribution >= 0.6 is 0 Å². The first-order valence-electron chi connectivity index (χ1n) is 4.62. The molecule has 0 aliphatic heterocycles. The standard InChI is InChI=1S/C10H11N3O3/c1-13-5-6-7(12-13)3-4-8(16-2)9(6)11-10(14)15/h3-5,11H,1-2H3,(H,14,15). The molecule has 0 unspecified atom stereocenters. The highest BCUT2D eigenvalue weighted by Gasteiger charge is 2.12. The molecule has 2 aromatic rings. The number of carboxylic acid groups (broad SMARTS) is 1. The lowest BCUT2D eigenvalue weighted by Gasteiger charge is -2.08. The fourth-order valence-corrected chi connectivity index (χ4v) is 1.60. The van der Waals surface area contributed by atoms with E-state index in [1.165, 1.54) is 7.11 Å². The zero-order valence-electron chi connectivity index (χ0n) is 8.89. The first-order chi connectivity index (χ1) is 7.61. The maximum absolute atomic E-state index is 10.7. The van der Waals surface area contributed by atoms with Crippen LogP contribution in [0.1, 0.15) is 0 Å². The Morgan fingerprint density at radius 3 is 2.94 bits per heavy atom. The molecule has 1 aromatic carbocycles. The second-order valence-corrected chi connectivity index (χ2v) is 3.31. The molecule has 0 atom stereocenters. The van der Waals surface area contributed by atoms with E-state index in [0.717, 1.165) is 0 Å². The van der Waals surface area contributed by atoms with Crippen molar-refractivity contribution in [3.63, 3.8) is 0 Å². The number of rotatable bonds is 2. The summed E-state index contributed by atoms with van der Waals surface area (Å²) in [5.74, 6) is 0.475. The molecule has 0 saturated heterocycles. The van der Waals surface area contributed by atoms with Crippen LogP contribution in [0.4, 0.5) is 10.5 Å². The number of benzene rings is 1. The first kappa shape index (κ1) is 10.3. The molecule has 2 rings (SSSR count). The molecular formula is C10H11N3O3. The van der Waals surface area contributed by atoms with Crippen LogP contribution < -0.4 is 10.1 Å². The molecule has 0 radical (unpaired) electrons. The zero-order chi connectivity index (χ0) is 11.7. The van der Waals surface area contributed by atoms with Gasteiger partial charge in [0.15, 0.2) is 0 Å². The highest BCUT2D eigenvalue weighted by atomic mass is 16.5.